The fourth-order valence-corrected chi connectivity index (χ4v) is 5.61. The predicted octanol–water partition coefficient (Wildman–Crippen LogP) is 3.57. The Labute approximate surface area is 250 Å². The number of nitrogens with zero attached hydrogens (tertiary/aromatic N) is 5. The average Bonchev–Trinajstić information content (AvgIpc) is 3.33. The van der Waals surface area contributed by atoms with Crippen molar-refractivity contribution in [3.05, 3.63) is 64.3 Å². The summed E-state index contributed by atoms with van der Waals surface area (Å²) in [7, 11) is 1.54. The highest BCUT2D eigenvalue weighted by atomic mass is 35.5. The normalized spacial score (nSPS) is 16.5. The Hall–Kier alpha value is -3.64. The molecule has 5 rings (SSSR count). The Kier molecular flexibility index (Phi) is 9.32. The van der Waals surface area contributed by atoms with E-state index in [0.29, 0.717) is 75.2 Å². The number of aromatic nitrogens is 2. The smallest absolute Gasteiger partial charge is 0.430 e. The largest absolute Gasteiger partial charge is 0.495 e. The highest BCUT2D eigenvalue weighted by Gasteiger charge is 2.29. The molecule has 0 spiro atoms. The number of carbonyl (C=O) groups is 2. The van der Waals surface area contributed by atoms with E-state index in [1.54, 1.807) is 31.2 Å². The lowest BCUT2D eigenvalue weighted by molar-refractivity contribution is -0.129. The molecule has 2 aliphatic heterocycles. The summed E-state index contributed by atoms with van der Waals surface area (Å²) < 4.78 is 7.17. The number of aliphatic hydroxyl groups is 1. The number of aliphatic hydroxyl groups excluding tert-OH is 1. The standard InChI is InChI=1S/C30H37ClN6O5/c1-20-16-22(8-9-25(20)31)29-24-19-35(21(2)38)11-10-27(24)37(33-29)18-23(39)17-34-12-14-36(15-13-34)42-30(40)32-26-6-4-5-7-28(26)41-3/h4-9,16,23,39H,10-15,17-19H2,1-3H3,(H,32,40). The van der Waals surface area contributed by atoms with Gasteiger partial charge in [0.25, 0.3) is 0 Å². The van der Waals surface area contributed by atoms with Gasteiger partial charge in [-0.2, -0.15) is 5.10 Å². The molecule has 12 heteroatoms. The number of halogens is 1. The number of piperazine rings is 1. The van der Waals surface area contributed by atoms with Crippen LogP contribution in [0.15, 0.2) is 42.5 Å². The van der Waals surface area contributed by atoms with Gasteiger partial charge in [0.05, 0.1) is 31.1 Å². The average molecular weight is 597 g/mol. The van der Waals surface area contributed by atoms with Crippen molar-refractivity contribution in [2.45, 2.75) is 39.5 Å². The number of carbonyl (C=O) groups excluding carboxylic acids is 2. The molecule has 2 aliphatic rings. The van der Waals surface area contributed by atoms with Gasteiger partial charge < -0.3 is 19.6 Å². The van der Waals surface area contributed by atoms with Crippen LogP contribution >= 0.6 is 11.6 Å². The quantitative estimate of drug-likeness (QED) is 0.406. The van der Waals surface area contributed by atoms with Gasteiger partial charge in [0, 0.05) is 81.0 Å². The number of aryl methyl sites for hydroxylation is 1. The molecule has 1 atom stereocenters. The van der Waals surface area contributed by atoms with E-state index in [1.165, 1.54) is 0 Å². The molecule has 1 aromatic heterocycles. The van der Waals surface area contributed by atoms with E-state index < -0.39 is 12.2 Å². The molecule has 3 aromatic rings. The van der Waals surface area contributed by atoms with E-state index in [4.69, 9.17) is 26.3 Å². The van der Waals surface area contributed by atoms with Crippen LogP contribution in [-0.2, 0) is 29.1 Å². The molecule has 0 bridgehead atoms. The first-order chi connectivity index (χ1) is 20.2. The molecule has 2 amide bonds. The van der Waals surface area contributed by atoms with Gasteiger partial charge in [-0.3, -0.25) is 19.7 Å². The second-order valence-corrected chi connectivity index (χ2v) is 11.1. The number of anilines is 1. The molecule has 3 heterocycles. The number of hydrogen-bond acceptors (Lipinski definition) is 8. The molecule has 0 saturated carbocycles. The van der Waals surface area contributed by atoms with Crippen molar-refractivity contribution in [2.75, 3.05) is 51.7 Å². The van der Waals surface area contributed by atoms with Gasteiger partial charge in [0.15, 0.2) is 0 Å². The Bertz CT molecular complexity index is 1440. The summed E-state index contributed by atoms with van der Waals surface area (Å²) in [6, 6.07) is 13.0. The summed E-state index contributed by atoms with van der Waals surface area (Å²) in [6.45, 7) is 7.77. The molecule has 1 fully saturated rings. The van der Waals surface area contributed by atoms with E-state index in [0.717, 1.165) is 28.1 Å². The maximum absolute atomic E-state index is 12.4. The first-order valence-electron chi connectivity index (χ1n) is 14.1. The number of methoxy groups -OCH3 is 1. The van der Waals surface area contributed by atoms with Gasteiger partial charge >= 0.3 is 6.09 Å². The molecule has 1 unspecified atom stereocenters. The number of fused-ring (bicyclic) bond motifs is 1. The predicted molar refractivity (Wildman–Crippen MR) is 159 cm³/mol. The van der Waals surface area contributed by atoms with Crippen LogP contribution in [0, 0.1) is 6.92 Å². The zero-order valence-corrected chi connectivity index (χ0v) is 24.9. The van der Waals surface area contributed by atoms with Gasteiger partial charge in [-0.1, -0.05) is 29.8 Å². The summed E-state index contributed by atoms with van der Waals surface area (Å²) in [5, 5.41) is 21.0. The minimum atomic E-state index is -0.652. The molecular weight excluding hydrogens is 560 g/mol. The maximum Gasteiger partial charge on any atom is 0.430 e. The van der Waals surface area contributed by atoms with Crippen LogP contribution in [0.25, 0.3) is 11.3 Å². The molecule has 224 valence electrons. The second-order valence-electron chi connectivity index (χ2n) is 10.7. The van der Waals surface area contributed by atoms with E-state index in [9.17, 15) is 14.7 Å². The number of ether oxygens (including phenoxy) is 1. The minimum Gasteiger partial charge on any atom is -0.495 e. The van der Waals surface area contributed by atoms with Crippen molar-refractivity contribution in [1.82, 2.24) is 24.6 Å². The fraction of sp³-hybridized carbons (Fsp3) is 0.433. The summed E-state index contributed by atoms with van der Waals surface area (Å²) in [6.07, 6.45) is -0.555. The number of para-hydroxylation sites is 2. The van der Waals surface area contributed by atoms with Crippen LogP contribution in [-0.4, -0.2) is 94.2 Å². The Morgan fingerprint density at radius 1 is 1.10 bits per heavy atom. The summed E-state index contributed by atoms with van der Waals surface area (Å²) in [5.74, 6) is 0.588. The van der Waals surface area contributed by atoms with Gasteiger partial charge in [-0.05, 0) is 36.8 Å². The number of nitrogens with one attached hydrogen (secondary N) is 1. The van der Waals surface area contributed by atoms with Crippen LogP contribution in [0.5, 0.6) is 5.75 Å². The van der Waals surface area contributed by atoms with Crippen molar-refractivity contribution < 1.29 is 24.3 Å². The number of hydrogen-bond donors (Lipinski definition) is 2. The van der Waals surface area contributed by atoms with E-state index in [2.05, 4.69) is 10.2 Å². The Morgan fingerprint density at radius 2 is 1.86 bits per heavy atom. The molecule has 42 heavy (non-hydrogen) atoms. The third-order valence-corrected chi connectivity index (χ3v) is 8.17. The SMILES string of the molecule is COc1ccccc1NC(=O)ON1CCN(CC(O)Cn2nc(-c3ccc(Cl)c(C)c3)c3c2CCN(C(C)=O)C3)CC1. The molecular formula is C30H37ClN6O5. The number of amides is 2. The van der Waals surface area contributed by atoms with Crippen LogP contribution in [0.3, 0.4) is 0 Å². The lowest BCUT2D eigenvalue weighted by Crippen LogP contribution is -2.49. The number of benzene rings is 2. The van der Waals surface area contributed by atoms with E-state index in [-0.39, 0.29) is 5.91 Å². The summed E-state index contributed by atoms with van der Waals surface area (Å²) in [5.41, 5.74) is 5.32. The van der Waals surface area contributed by atoms with Gasteiger partial charge in [-0.15, -0.1) is 5.06 Å². The minimum absolute atomic E-state index is 0.0343. The summed E-state index contributed by atoms with van der Waals surface area (Å²) >= 11 is 6.27. The zero-order chi connectivity index (χ0) is 29.8. The van der Waals surface area contributed by atoms with Crippen molar-refractivity contribution >= 4 is 29.3 Å². The van der Waals surface area contributed by atoms with E-state index >= 15 is 0 Å². The fourth-order valence-electron chi connectivity index (χ4n) is 5.49. The third kappa shape index (κ3) is 6.87. The zero-order valence-electron chi connectivity index (χ0n) is 24.2. The monoisotopic (exact) mass is 596 g/mol. The first-order valence-corrected chi connectivity index (χ1v) is 14.5. The van der Waals surface area contributed by atoms with Crippen molar-refractivity contribution in [3.8, 4) is 17.0 Å². The van der Waals surface area contributed by atoms with E-state index in [1.807, 2.05) is 46.8 Å². The summed E-state index contributed by atoms with van der Waals surface area (Å²) in [4.78, 5) is 34.0. The van der Waals surface area contributed by atoms with Crippen LogP contribution < -0.4 is 10.1 Å². The number of rotatable bonds is 8. The van der Waals surface area contributed by atoms with Crippen LogP contribution in [0.2, 0.25) is 5.02 Å². The van der Waals surface area contributed by atoms with Crippen molar-refractivity contribution in [1.29, 1.82) is 0 Å². The number of hydroxylamine groups is 2. The highest BCUT2D eigenvalue weighted by molar-refractivity contribution is 6.31. The number of β-amino-alcohol motifs (C(OH)–C–C–N with tert-alkyl or cyclic N) is 1. The Balaban J connectivity index is 1.18. The molecule has 11 nitrogen and oxygen atoms in total. The van der Waals surface area contributed by atoms with Crippen LogP contribution in [0.1, 0.15) is 23.7 Å². The second kappa shape index (κ2) is 13.1. The molecule has 0 radical (unpaired) electrons. The lowest BCUT2D eigenvalue weighted by Gasteiger charge is -2.34. The van der Waals surface area contributed by atoms with Gasteiger partial charge in [0.2, 0.25) is 5.91 Å². The molecule has 2 N–H and O–H groups in total. The lowest BCUT2D eigenvalue weighted by atomic mass is 9.99. The maximum atomic E-state index is 12.4. The third-order valence-electron chi connectivity index (χ3n) is 7.75. The van der Waals surface area contributed by atoms with Gasteiger partial charge in [0.1, 0.15) is 5.75 Å². The molecule has 1 saturated heterocycles. The first kappa shape index (κ1) is 29.8. The molecule has 0 aliphatic carbocycles. The molecule has 2 aromatic carbocycles. The highest BCUT2D eigenvalue weighted by Crippen LogP contribution is 2.32. The van der Waals surface area contributed by atoms with Gasteiger partial charge in [-0.25, -0.2) is 4.79 Å². The van der Waals surface area contributed by atoms with Crippen molar-refractivity contribution in [3.63, 3.8) is 0 Å². The Morgan fingerprint density at radius 3 is 2.57 bits per heavy atom. The van der Waals surface area contributed by atoms with Crippen molar-refractivity contribution in [2.24, 2.45) is 0 Å². The van der Waals surface area contributed by atoms with Crippen LogP contribution in [0.4, 0.5) is 10.5 Å². The topological polar surface area (TPSA) is 112 Å².